The minimum atomic E-state index is -0.134. The van der Waals surface area contributed by atoms with Crippen LogP contribution < -0.4 is 5.32 Å². The van der Waals surface area contributed by atoms with Gasteiger partial charge in [-0.3, -0.25) is 9.69 Å². The topological polar surface area (TPSA) is 52.6 Å². The fourth-order valence-corrected chi connectivity index (χ4v) is 3.37. The normalized spacial score (nSPS) is 10.7. The molecule has 110 valence electrons. The van der Waals surface area contributed by atoms with Crippen LogP contribution in [-0.4, -0.2) is 42.2 Å². The molecule has 0 fully saturated rings. The van der Waals surface area contributed by atoms with Crippen molar-refractivity contribution >= 4 is 43.5 Å². The van der Waals surface area contributed by atoms with Gasteiger partial charge in [0.25, 0.3) is 0 Å². The molecule has 0 radical (unpaired) electrons. The molecule has 0 spiro atoms. The minimum Gasteiger partial charge on any atom is -0.395 e. The monoisotopic (exact) mass is 404 g/mol. The molecule has 6 heteroatoms. The Bertz CT molecular complexity index is 469. The van der Waals surface area contributed by atoms with E-state index in [1.54, 1.807) is 6.08 Å². The summed E-state index contributed by atoms with van der Waals surface area (Å²) in [5.41, 5.74) is 1.80. The maximum Gasteiger partial charge on any atom is 0.238 e. The van der Waals surface area contributed by atoms with Crippen molar-refractivity contribution in [1.29, 1.82) is 0 Å². The first kappa shape index (κ1) is 17.4. The molecule has 20 heavy (non-hydrogen) atoms. The van der Waals surface area contributed by atoms with Gasteiger partial charge in [0.05, 0.1) is 18.8 Å². The molecule has 4 nitrogen and oxygen atoms in total. The fraction of sp³-hybridized carbons (Fsp3) is 0.357. The molecule has 1 amide bonds. The van der Waals surface area contributed by atoms with Crippen LogP contribution in [0.3, 0.4) is 0 Å². The number of anilines is 1. The summed E-state index contributed by atoms with van der Waals surface area (Å²) in [6, 6.07) is 3.88. The van der Waals surface area contributed by atoms with Crippen molar-refractivity contribution in [1.82, 2.24) is 4.90 Å². The predicted molar refractivity (Wildman–Crippen MR) is 88.9 cm³/mol. The number of amides is 1. The standard InChI is InChI=1S/C14H18Br2N2O2/c1-3-4-18(5-6-19)9-13(20)17-14-11(15)7-10(2)8-12(14)16/h3,7-8,19H,1,4-6,9H2,2H3,(H,17,20). The molecule has 0 bridgehead atoms. The van der Waals surface area contributed by atoms with Gasteiger partial charge in [-0.15, -0.1) is 6.58 Å². The zero-order chi connectivity index (χ0) is 15.1. The van der Waals surface area contributed by atoms with Gasteiger partial charge in [0.1, 0.15) is 0 Å². The van der Waals surface area contributed by atoms with E-state index in [-0.39, 0.29) is 19.1 Å². The lowest BCUT2D eigenvalue weighted by Crippen LogP contribution is -2.35. The van der Waals surface area contributed by atoms with Crippen molar-refractivity contribution in [3.63, 3.8) is 0 Å². The summed E-state index contributed by atoms with van der Waals surface area (Å²) in [6.45, 7) is 6.84. The molecular weight excluding hydrogens is 388 g/mol. The van der Waals surface area contributed by atoms with E-state index in [0.717, 1.165) is 14.5 Å². The smallest absolute Gasteiger partial charge is 0.238 e. The molecule has 1 rings (SSSR count). The highest BCUT2D eigenvalue weighted by molar-refractivity contribution is 9.11. The number of benzene rings is 1. The molecule has 0 aromatic heterocycles. The SMILES string of the molecule is C=CCN(CCO)CC(=O)Nc1c(Br)cc(C)cc1Br. The Morgan fingerprint density at radius 2 is 2.05 bits per heavy atom. The Morgan fingerprint density at radius 3 is 2.55 bits per heavy atom. The van der Waals surface area contributed by atoms with Crippen LogP contribution in [0, 0.1) is 6.92 Å². The maximum atomic E-state index is 12.1. The zero-order valence-electron chi connectivity index (χ0n) is 11.3. The largest absolute Gasteiger partial charge is 0.395 e. The number of aryl methyl sites for hydroxylation is 1. The number of aliphatic hydroxyl groups excluding tert-OH is 1. The first-order chi connectivity index (χ1) is 9.47. The highest BCUT2D eigenvalue weighted by atomic mass is 79.9. The van der Waals surface area contributed by atoms with Gasteiger partial charge in [-0.25, -0.2) is 0 Å². The molecule has 2 N–H and O–H groups in total. The number of carbonyl (C=O) groups is 1. The van der Waals surface area contributed by atoms with E-state index in [2.05, 4.69) is 43.8 Å². The van der Waals surface area contributed by atoms with Gasteiger partial charge in [-0.2, -0.15) is 0 Å². The number of hydrogen-bond acceptors (Lipinski definition) is 3. The van der Waals surface area contributed by atoms with E-state index in [1.807, 2.05) is 24.0 Å². The summed E-state index contributed by atoms with van der Waals surface area (Å²) in [6.07, 6.45) is 1.71. The second kappa shape index (κ2) is 8.56. The second-order valence-corrected chi connectivity index (χ2v) is 6.11. The van der Waals surface area contributed by atoms with Crippen molar-refractivity contribution in [2.45, 2.75) is 6.92 Å². The van der Waals surface area contributed by atoms with E-state index in [1.165, 1.54) is 0 Å². The second-order valence-electron chi connectivity index (χ2n) is 4.40. The van der Waals surface area contributed by atoms with Crippen LogP contribution in [0.4, 0.5) is 5.69 Å². The lowest BCUT2D eigenvalue weighted by molar-refractivity contribution is -0.117. The van der Waals surface area contributed by atoms with Gasteiger partial charge in [-0.1, -0.05) is 6.08 Å². The van der Waals surface area contributed by atoms with Gasteiger partial charge in [-0.05, 0) is 56.5 Å². The van der Waals surface area contributed by atoms with Crippen molar-refractivity contribution in [3.05, 3.63) is 39.3 Å². The molecule has 1 aromatic carbocycles. The van der Waals surface area contributed by atoms with Crippen LogP contribution in [0.1, 0.15) is 5.56 Å². The molecule has 0 atom stereocenters. The molecule has 1 aromatic rings. The van der Waals surface area contributed by atoms with E-state index in [4.69, 9.17) is 5.11 Å². The number of nitrogens with zero attached hydrogens (tertiary/aromatic N) is 1. The zero-order valence-corrected chi connectivity index (χ0v) is 14.5. The van der Waals surface area contributed by atoms with Crippen molar-refractivity contribution in [2.24, 2.45) is 0 Å². The maximum absolute atomic E-state index is 12.1. The van der Waals surface area contributed by atoms with Gasteiger partial charge in [0.2, 0.25) is 5.91 Å². The molecule has 0 saturated carbocycles. The summed E-state index contributed by atoms with van der Waals surface area (Å²) in [7, 11) is 0. The Hall–Kier alpha value is -0.690. The number of carbonyl (C=O) groups excluding carboxylic acids is 1. The summed E-state index contributed by atoms with van der Waals surface area (Å²) >= 11 is 6.88. The Balaban J connectivity index is 2.73. The number of rotatable bonds is 7. The first-order valence-corrected chi connectivity index (χ1v) is 7.76. The Labute approximate surface area is 136 Å². The summed E-state index contributed by atoms with van der Waals surface area (Å²) < 4.78 is 1.66. The third-order valence-corrected chi connectivity index (χ3v) is 3.87. The summed E-state index contributed by atoms with van der Waals surface area (Å²) in [4.78, 5) is 13.9. The molecule has 0 heterocycles. The third-order valence-electron chi connectivity index (χ3n) is 2.62. The lowest BCUT2D eigenvalue weighted by Gasteiger charge is -2.19. The number of aliphatic hydroxyl groups is 1. The summed E-state index contributed by atoms with van der Waals surface area (Å²) in [5, 5.41) is 11.8. The van der Waals surface area contributed by atoms with Gasteiger partial charge in [0, 0.05) is 22.0 Å². The van der Waals surface area contributed by atoms with Gasteiger partial charge < -0.3 is 10.4 Å². The van der Waals surface area contributed by atoms with Crippen LogP contribution in [-0.2, 0) is 4.79 Å². The predicted octanol–water partition coefficient (Wildman–Crippen LogP) is 2.94. The molecule has 0 aliphatic carbocycles. The number of nitrogens with one attached hydrogen (secondary N) is 1. The van der Waals surface area contributed by atoms with Crippen molar-refractivity contribution < 1.29 is 9.90 Å². The molecule has 0 unspecified atom stereocenters. The van der Waals surface area contributed by atoms with E-state index in [9.17, 15) is 4.79 Å². The lowest BCUT2D eigenvalue weighted by atomic mass is 10.2. The van der Waals surface area contributed by atoms with E-state index < -0.39 is 0 Å². The van der Waals surface area contributed by atoms with Crippen LogP contribution in [0.25, 0.3) is 0 Å². The van der Waals surface area contributed by atoms with Gasteiger partial charge >= 0.3 is 0 Å². The van der Waals surface area contributed by atoms with Crippen molar-refractivity contribution in [2.75, 3.05) is 31.6 Å². The number of halogens is 2. The summed E-state index contributed by atoms with van der Waals surface area (Å²) in [5.74, 6) is -0.134. The average Bonchev–Trinajstić information content (AvgIpc) is 2.34. The average molecular weight is 406 g/mol. The van der Waals surface area contributed by atoms with Crippen molar-refractivity contribution in [3.8, 4) is 0 Å². The van der Waals surface area contributed by atoms with Crippen LogP contribution in [0.2, 0.25) is 0 Å². The van der Waals surface area contributed by atoms with Crippen LogP contribution >= 0.6 is 31.9 Å². The minimum absolute atomic E-state index is 0.0129. The molecule has 0 saturated heterocycles. The molecule has 0 aliphatic rings. The molecule has 0 aliphatic heterocycles. The van der Waals surface area contributed by atoms with Gasteiger partial charge in [0.15, 0.2) is 0 Å². The Kier molecular flexibility index (Phi) is 7.43. The van der Waals surface area contributed by atoms with Crippen LogP contribution in [0.15, 0.2) is 33.7 Å². The van der Waals surface area contributed by atoms with Crippen LogP contribution in [0.5, 0.6) is 0 Å². The van der Waals surface area contributed by atoms with E-state index in [0.29, 0.717) is 18.8 Å². The number of hydrogen-bond donors (Lipinski definition) is 2. The Morgan fingerprint density at radius 1 is 1.45 bits per heavy atom. The highest BCUT2D eigenvalue weighted by Crippen LogP contribution is 2.32. The van der Waals surface area contributed by atoms with E-state index >= 15 is 0 Å². The highest BCUT2D eigenvalue weighted by Gasteiger charge is 2.13. The third kappa shape index (κ3) is 5.36. The quantitative estimate of drug-likeness (QED) is 0.685. The fourth-order valence-electron chi connectivity index (χ4n) is 1.76. The first-order valence-electron chi connectivity index (χ1n) is 6.17. The molecular formula is C14H18Br2N2O2.